The zero-order valence-corrected chi connectivity index (χ0v) is 12.0. The van der Waals surface area contributed by atoms with Crippen LogP contribution < -0.4 is 5.32 Å². The van der Waals surface area contributed by atoms with E-state index in [2.05, 4.69) is 20.2 Å². The number of halogens is 1. The highest BCUT2D eigenvalue weighted by Crippen LogP contribution is 2.30. The molecule has 0 spiro atoms. The number of piperidine rings is 3. The molecule has 0 saturated carbocycles. The van der Waals surface area contributed by atoms with Crippen molar-refractivity contribution < 1.29 is 0 Å². The van der Waals surface area contributed by atoms with E-state index in [0.717, 1.165) is 23.4 Å². The Morgan fingerprint density at radius 3 is 2.78 bits per heavy atom. The standard InChI is InChI=1S/C12H17ClN4S/c1-18-12-15-10(13)6-11(16-12)14-9-7-17-4-2-8(9)3-5-17/h6,8-9H,2-5,7H2,1H3,(H,14,15,16). The molecular weight excluding hydrogens is 268 g/mol. The Morgan fingerprint density at radius 1 is 1.39 bits per heavy atom. The molecule has 1 atom stereocenters. The van der Waals surface area contributed by atoms with Gasteiger partial charge in [0.1, 0.15) is 11.0 Å². The topological polar surface area (TPSA) is 41.1 Å². The second kappa shape index (κ2) is 5.23. The quantitative estimate of drug-likeness (QED) is 0.524. The van der Waals surface area contributed by atoms with E-state index in [1.807, 2.05) is 12.3 Å². The Bertz CT molecular complexity index is 434. The van der Waals surface area contributed by atoms with Crippen LogP contribution in [0.25, 0.3) is 0 Å². The van der Waals surface area contributed by atoms with Crippen LogP contribution in [-0.4, -0.2) is 46.8 Å². The average Bonchev–Trinajstić information content (AvgIpc) is 2.39. The van der Waals surface area contributed by atoms with Crippen LogP contribution >= 0.6 is 23.4 Å². The molecule has 3 aliphatic heterocycles. The number of hydrogen-bond acceptors (Lipinski definition) is 5. The first-order chi connectivity index (χ1) is 8.74. The highest BCUT2D eigenvalue weighted by Gasteiger charge is 2.34. The normalized spacial score (nSPS) is 30.4. The first kappa shape index (κ1) is 12.5. The number of nitrogens with one attached hydrogen (secondary N) is 1. The van der Waals surface area contributed by atoms with Crippen molar-refractivity contribution in [1.29, 1.82) is 0 Å². The Kier molecular flexibility index (Phi) is 3.63. The summed E-state index contributed by atoms with van der Waals surface area (Å²) in [4.78, 5) is 11.2. The van der Waals surface area contributed by atoms with Gasteiger partial charge in [-0.15, -0.1) is 0 Å². The van der Waals surface area contributed by atoms with E-state index in [4.69, 9.17) is 11.6 Å². The minimum Gasteiger partial charge on any atom is -0.366 e. The van der Waals surface area contributed by atoms with Gasteiger partial charge in [-0.25, -0.2) is 9.97 Å². The predicted molar refractivity (Wildman–Crippen MR) is 75.4 cm³/mol. The van der Waals surface area contributed by atoms with Gasteiger partial charge in [-0.3, -0.25) is 0 Å². The highest BCUT2D eigenvalue weighted by molar-refractivity contribution is 7.98. The maximum absolute atomic E-state index is 6.01. The lowest BCUT2D eigenvalue weighted by Gasteiger charge is -2.45. The van der Waals surface area contributed by atoms with Crippen LogP contribution in [0.5, 0.6) is 0 Å². The molecule has 0 aliphatic carbocycles. The van der Waals surface area contributed by atoms with Gasteiger partial charge in [0.05, 0.1) is 0 Å². The fourth-order valence-corrected chi connectivity index (χ4v) is 3.49. The Hall–Kier alpha value is -0.520. The summed E-state index contributed by atoms with van der Waals surface area (Å²) in [7, 11) is 0. The first-order valence-electron chi connectivity index (χ1n) is 6.32. The number of fused-ring (bicyclic) bond motifs is 3. The van der Waals surface area contributed by atoms with E-state index >= 15 is 0 Å². The molecule has 3 aliphatic rings. The van der Waals surface area contributed by atoms with Crippen LogP contribution in [0, 0.1) is 5.92 Å². The molecule has 2 bridgehead atoms. The van der Waals surface area contributed by atoms with Gasteiger partial charge in [0.15, 0.2) is 5.16 Å². The minimum absolute atomic E-state index is 0.508. The second-order valence-corrected chi connectivity index (χ2v) is 6.11. The van der Waals surface area contributed by atoms with Crippen LogP contribution in [-0.2, 0) is 0 Å². The van der Waals surface area contributed by atoms with Crippen molar-refractivity contribution in [2.24, 2.45) is 5.92 Å². The van der Waals surface area contributed by atoms with E-state index in [0.29, 0.717) is 11.2 Å². The third-order valence-corrected chi connectivity index (χ3v) is 4.59. The molecule has 1 aromatic rings. The van der Waals surface area contributed by atoms with Crippen molar-refractivity contribution in [3.8, 4) is 0 Å². The first-order valence-corrected chi connectivity index (χ1v) is 7.92. The van der Waals surface area contributed by atoms with Crippen LogP contribution in [0.2, 0.25) is 5.15 Å². The van der Waals surface area contributed by atoms with E-state index in [1.54, 1.807) is 0 Å². The Balaban J connectivity index is 1.74. The lowest BCUT2D eigenvalue weighted by atomic mass is 9.84. The van der Waals surface area contributed by atoms with E-state index < -0.39 is 0 Å². The number of thioether (sulfide) groups is 1. The van der Waals surface area contributed by atoms with E-state index in [9.17, 15) is 0 Å². The maximum atomic E-state index is 6.01. The maximum Gasteiger partial charge on any atom is 0.190 e. The molecule has 1 N–H and O–H groups in total. The molecule has 3 fully saturated rings. The number of anilines is 1. The molecule has 98 valence electrons. The van der Waals surface area contributed by atoms with Gasteiger partial charge in [-0.05, 0) is 38.1 Å². The van der Waals surface area contributed by atoms with Crippen molar-refractivity contribution in [3.05, 3.63) is 11.2 Å². The molecule has 4 rings (SSSR count). The van der Waals surface area contributed by atoms with Gasteiger partial charge < -0.3 is 10.2 Å². The average molecular weight is 285 g/mol. The van der Waals surface area contributed by atoms with Crippen molar-refractivity contribution >= 4 is 29.2 Å². The highest BCUT2D eigenvalue weighted by atomic mass is 35.5. The lowest BCUT2D eigenvalue weighted by molar-refractivity contribution is 0.0973. The van der Waals surface area contributed by atoms with Crippen molar-refractivity contribution in [1.82, 2.24) is 14.9 Å². The van der Waals surface area contributed by atoms with Crippen molar-refractivity contribution in [2.75, 3.05) is 31.2 Å². The summed E-state index contributed by atoms with van der Waals surface area (Å²) in [6.07, 6.45) is 4.56. The van der Waals surface area contributed by atoms with Gasteiger partial charge >= 0.3 is 0 Å². The summed E-state index contributed by atoms with van der Waals surface area (Å²) in [6.45, 7) is 3.63. The third-order valence-electron chi connectivity index (χ3n) is 3.85. The van der Waals surface area contributed by atoms with Crippen molar-refractivity contribution in [3.63, 3.8) is 0 Å². The summed E-state index contributed by atoms with van der Waals surface area (Å²) in [5, 5.41) is 4.78. The molecule has 18 heavy (non-hydrogen) atoms. The smallest absolute Gasteiger partial charge is 0.190 e. The monoisotopic (exact) mass is 284 g/mol. The van der Waals surface area contributed by atoms with Gasteiger partial charge in [0.2, 0.25) is 0 Å². The van der Waals surface area contributed by atoms with Gasteiger partial charge in [0.25, 0.3) is 0 Å². The Labute approximate surface area is 117 Å². The SMILES string of the molecule is CSc1nc(Cl)cc(NC2CN3CCC2CC3)n1. The number of nitrogens with zero attached hydrogens (tertiary/aromatic N) is 3. The summed E-state index contributed by atoms with van der Waals surface area (Å²) in [5.41, 5.74) is 0. The number of aromatic nitrogens is 2. The van der Waals surface area contributed by atoms with Crippen LogP contribution in [0.4, 0.5) is 5.82 Å². The van der Waals surface area contributed by atoms with Gasteiger partial charge in [0, 0.05) is 18.7 Å². The summed E-state index contributed by atoms with van der Waals surface area (Å²) < 4.78 is 0. The van der Waals surface area contributed by atoms with Crippen LogP contribution in [0.15, 0.2) is 11.2 Å². The van der Waals surface area contributed by atoms with Gasteiger partial charge in [-0.1, -0.05) is 23.4 Å². The third kappa shape index (κ3) is 2.58. The number of rotatable bonds is 3. The molecule has 3 saturated heterocycles. The largest absolute Gasteiger partial charge is 0.366 e. The predicted octanol–water partition coefficient (Wildman–Crippen LogP) is 2.36. The number of hydrogen-bond donors (Lipinski definition) is 1. The molecule has 1 unspecified atom stereocenters. The van der Waals surface area contributed by atoms with E-state index in [-0.39, 0.29) is 0 Å². The lowest BCUT2D eigenvalue weighted by Crippen LogP contribution is -2.53. The summed E-state index contributed by atoms with van der Waals surface area (Å²) in [5.74, 6) is 1.64. The zero-order valence-electron chi connectivity index (χ0n) is 10.4. The second-order valence-electron chi connectivity index (χ2n) is 4.95. The van der Waals surface area contributed by atoms with Crippen LogP contribution in [0.3, 0.4) is 0 Å². The molecule has 0 aromatic carbocycles. The van der Waals surface area contributed by atoms with Crippen molar-refractivity contribution in [2.45, 2.75) is 24.0 Å². The fourth-order valence-electron chi connectivity index (χ4n) is 2.88. The summed E-state index contributed by atoms with van der Waals surface area (Å²) in [6, 6.07) is 2.33. The Morgan fingerprint density at radius 2 is 2.17 bits per heavy atom. The molecule has 4 nitrogen and oxygen atoms in total. The molecule has 4 heterocycles. The van der Waals surface area contributed by atoms with Gasteiger partial charge in [-0.2, -0.15) is 0 Å². The molecule has 6 heteroatoms. The molecule has 0 amide bonds. The van der Waals surface area contributed by atoms with Crippen LogP contribution in [0.1, 0.15) is 12.8 Å². The summed E-state index contributed by atoms with van der Waals surface area (Å²) >= 11 is 7.53. The van der Waals surface area contributed by atoms with E-state index in [1.165, 1.54) is 37.7 Å². The fraction of sp³-hybridized carbons (Fsp3) is 0.667. The molecular formula is C12H17ClN4S. The molecule has 1 aromatic heterocycles. The zero-order chi connectivity index (χ0) is 12.5. The molecule has 0 radical (unpaired) electrons. The minimum atomic E-state index is 0.508.